The van der Waals surface area contributed by atoms with Crippen LogP contribution in [0.2, 0.25) is 0 Å². The van der Waals surface area contributed by atoms with Gasteiger partial charge in [0.15, 0.2) is 0 Å². The lowest BCUT2D eigenvalue weighted by atomic mass is 9.83. The summed E-state index contributed by atoms with van der Waals surface area (Å²) in [7, 11) is 0. The fourth-order valence-electron chi connectivity index (χ4n) is 0.932. The molecule has 0 heterocycles. The molecule has 2 N–H and O–H groups in total. The molecule has 0 aliphatic heterocycles. The van der Waals surface area contributed by atoms with Crippen LogP contribution in [-0.2, 0) is 0 Å². The Bertz CT molecular complexity index is 97.0. The average Bonchev–Trinajstić information content (AvgIpc) is 2.00. The van der Waals surface area contributed by atoms with E-state index in [1.54, 1.807) is 0 Å². The molecule has 1 nitrogen and oxygen atoms in total. The molecule has 0 fully saturated rings. The van der Waals surface area contributed by atoms with E-state index in [1.165, 1.54) is 19.3 Å². The molecule has 0 unspecified atom stereocenters. The summed E-state index contributed by atoms with van der Waals surface area (Å²) in [6.45, 7) is 9.98. The lowest BCUT2D eigenvalue weighted by molar-refractivity contribution is 0.290. The zero-order chi connectivity index (χ0) is 8.91. The van der Waals surface area contributed by atoms with Crippen molar-refractivity contribution in [3.05, 3.63) is 0 Å². The second kappa shape index (κ2) is 4.76. The van der Waals surface area contributed by atoms with E-state index < -0.39 is 0 Å². The molecular weight excluding hydrogens is 134 g/mol. The molecule has 0 aromatic rings. The Morgan fingerprint density at radius 1 is 1.36 bits per heavy atom. The molecule has 0 bridgehead atoms. The lowest BCUT2D eigenvalue weighted by Crippen LogP contribution is -2.15. The molecule has 0 radical (unpaired) electrons. The van der Waals surface area contributed by atoms with Crippen LogP contribution in [0.4, 0.5) is 0 Å². The molecule has 68 valence electrons. The highest BCUT2D eigenvalue weighted by Gasteiger charge is 2.15. The van der Waals surface area contributed by atoms with Gasteiger partial charge in [-0.15, -0.1) is 0 Å². The summed E-state index contributed by atoms with van der Waals surface area (Å²) in [5, 5.41) is 0. The molecule has 0 aromatic heterocycles. The Kier molecular flexibility index (Phi) is 4.74. The second-order valence-corrected chi connectivity index (χ2v) is 4.40. The van der Waals surface area contributed by atoms with Crippen molar-refractivity contribution in [2.24, 2.45) is 17.1 Å². The molecule has 1 atom stereocenters. The van der Waals surface area contributed by atoms with Crippen molar-refractivity contribution < 1.29 is 0 Å². The van der Waals surface area contributed by atoms with E-state index in [9.17, 15) is 0 Å². The van der Waals surface area contributed by atoms with E-state index in [0.717, 1.165) is 6.54 Å². The normalized spacial score (nSPS) is 15.0. The first-order valence-corrected chi connectivity index (χ1v) is 4.72. The molecule has 0 aromatic carbocycles. The van der Waals surface area contributed by atoms with Crippen molar-refractivity contribution >= 4 is 0 Å². The van der Waals surface area contributed by atoms with Gasteiger partial charge in [-0.05, 0) is 30.7 Å². The van der Waals surface area contributed by atoms with Gasteiger partial charge in [0.2, 0.25) is 0 Å². The monoisotopic (exact) mass is 157 g/mol. The van der Waals surface area contributed by atoms with Crippen LogP contribution in [0, 0.1) is 11.3 Å². The van der Waals surface area contributed by atoms with Crippen molar-refractivity contribution in [1.29, 1.82) is 0 Å². The Morgan fingerprint density at radius 3 is 2.27 bits per heavy atom. The summed E-state index contributed by atoms with van der Waals surface area (Å²) in [6.07, 6.45) is 3.85. The zero-order valence-electron chi connectivity index (χ0n) is 8.48. The van der Waals surface area contributed by atoms with Crippen molar-refractivity contribution in [2.75, 3.05) is 6.54 Å². The van der Waals surface area contributed by atoms with Gasteiger partial charge in [-0.3, -0.25) is 0 Å². The SMILES string of the molecule is CCC(C)(C)CC[C@H](C)CN. The van der Waals surface area contributed by atoms with E-state index in [0.29, 0.717) is 11.3 Å². The fraction of sp³-hybridized carbons (Fsp3) is 1.00. The first kappa shape index (κ1) is 11.0. The average molecular weight is 157 g/mol. The van der Waals surface area contributed by atoms with Gasteiger partial charge >= 0.3 is 0 Å². The summed E-state index contributed by atoms with van der Waals surface area (Å²) >= 11 is 0. The van der Waals surface area contributed by atoms with Gasteiger partial charge in [-0.1, -0.05) is 34.1 Å². The maximum Gasteiger partial charge on any atom is -0.00515 e. The highest BCUT2D eigenvalue weighted by atomic mass is 14.5. The van der Waals surface area contributed by atoms with Gasteiger partial charge in [0.25, 0.3) is 0 Å². The van der Waals surface area contributed by atoms with E-state index >= 15 is 0 Å². The number of hydrogen-bond donors (Lipinski definition) is 1. The highest BCUT2D eigenvalue weighted by Crippen LogP contribution is 2.27. The largest absolute Gasteiger partial charge is 0.330 e. The maximum absolute atomic E-state index is 5.54. The standard InChI is InChI=1S/C10H23N/c1-5-10(3,4)7-6-9(2)8-11/h9H,5-8,11H2,1-4H3/t9-/m0/s1. The van der Waals surface area contributed by atoms with E-state index in [1.807, 2.05) is 0 Å². The molecule has 0 aliphatic rings. The van der Waals surface area contributed by atoms with Gasteiger partial charge < -0.3 is 5.73 Å². The molecular formula is C10H23N. The third-order valence-corrected chi connectivity index (χ3v) is 2.67. The zero-order valence-corrected chi connectivity index (χ0v) is 8.48. The topological polar surface area (TPSA) is 26.0 Å². The van der Waals surface area contributed by atoms with Crippen LogP contribution in [0.1, 0.15) is 47.0 Å². The molecule has 11 heavy (non-hydrogen) atoms. The van der Waals surface area contributed by atoms with Gasteiger partial charge in [0.05, 0.1) is 0 Å². The minimum absolute atomic E-state index is 0.517. The van der Waals surface area contributed by atoms with Crippen molar-refractivity contribution in [2.45, 2.75) is 47.0 Å². The third-order valence-electron chi connectivity index (χ3n) is 2.67. The van der Waals surface area contributed by atoms with Crippen LogP contribution in [0.3, 0.4) is 0 Å². The van der Waals surface area contributed by atoms with Crippen LogP contribution in [0.5, 0.6) is 0 Å². The molecule has 0 saturated heterocycles. The Balaban J connectivity index is 3.52. The number of hydrogen-bond acceptors (Lipinski definition) is 1. The molecule has 0 aliphatic carbocycles. The predicted octanol–water partition coefficient (Wildman–Crippen LogP) is 2.80. The second-order valence-electron chi connectivity index (χ2n) is 4.40. The van der Waals surface area contributed by atoms with Crippen LogP contribution in [-0.4, -0.2) is 6.54 Å². The molecule has 0 rings (SSSR count). The van der Waals surface area contributed by atoms with Gasteiger partial charge in [0, 0.05) is 0 Å². The Morgan fingerprint density at radius 2 is 1.91 bits per heavy atom. The molecule has 0 spiro atoms. The van der Waals surface area contributed by atoms with Gasteiger partial charge in [-0.25, -0.2) is 0 Å². The van der Waals surface area contributed by atoms with Gasteiger partial charge in [0.1, 0.15) is 0 Å². The summed E-state index contributed by atoms with van der Waals surface area (Å²) in [5.41, 5.74) is 6.06. The van der Waals surface area contributed by atoms with Crippen LogP contribution >= 0.6 is 0 Å². The maximum atomic E-state index is 5.54. The van der Waals surface area contributed by atoms with Crippen LogP contribution in [0.15, 0.2) is 0 Å². The predicted molar refractivity (Wildman–Crippen MR) is 51.5 cm³/mol. The third kappa shape index (κ3) is 5.25. The Labute approximate surface area is 71.4 Å². The van der Waals surface area contributed by atoms with Crippen molar-refractivity contribution in [3.63, 3.8) is 0 Å². The minimum Gasteiger partial charge on any atom is -0.330 e. The van der Waals surface area contributed by atoms with E-state index in [2.05, 4.69) is 27.7 Å². The minimum atomic E-state index is 0.517. The van der Waals surface area contributed by atoms with E-state index in [4.69, 9.17) is 5.73 Å². The Hall–Kier alpha value is -0.0400. The van der Waals surface area contributed by atoms with Crippen LogP contribution in [0.25, 0.3) is 0 Å². The first-order chi connectivity index (χ1) is 5.02. The molecule has 0 saturated carbocycles. The fourth-order valence-corrected chi connectivity index (χ4v) is 0.932. The quantitative estimate of drug-likeness (QED) is 0.652. The first-order valence-electron chi connectivity index (χ1n) is 4.72. The van der Waals surface area contributed by atoms with E-state index in [-0.39, 0.29) is 0 Å². The summed E-state index contributed by atoms with van der Waals surface area (Å²) in [5.74, 6) is 0.695. The number of nitrogens with two attached hydrogens (primary N) is 1. The van der Waals surface area contributed by atoms with Crippen LogP contribution < -0.4 is 5.73 Å². The summed E-state index contributed by atoms with van der Waals surface area (Å²) < 4.78 is 0. The smallest absolute Gasteiger partial charge is 0.00515 e. The highest BCUT2D eigenvalue weighted by molar-refractivity contribution is 4.68. The summed E-state index contributed by atoms with van der Waals surface area (Å²) in [6, 6.07) is 0. The van der Waals surface area contributed by atoms with Crippen molar-refractivity contribution in [3.8, 4) is 0 Å². The van der Waals surface area contributed by atoms with Crippen molar-refractivity contribution in [1.82, 2.24) is 0 Å². The van der Waals surface area contributed by atoms with Gasteiger partial charge in [-0.2, -0.15) is 0 Å². The lowest BCUT2D eigenvalue weighted by Gasteiger charge is -2.23. The molecule has 0 amide bonds. The molecule has 1 heteroatoms. The summed E-state index contributed by atoms with van der Waals surface area (Å²) in [4.78, 5) is 0. The number of rotatable bonds is 5.